The summed E-state index contributed by atoms with van der Waals surface area (Å²) in [5.74, 6) is -0.405. The van der Waals surface area contributed by atoms with Crippen LogP contribution >= 0.6 is 0 Å². The molecule has 2 N–H and O–H groups in total. The van der Waals surface area contributed by atoms with E-state index in [-0.39, 0.29) is 17.7 Å². The van der Waals surface area contributed by atoms with Crippen molar-refractivity contribution in [1.29, 1.82) is 0 Å². The summed E-state index contributed by atoms with van der Waals surface area (Å²) in [5.41, 5.74) is 0.820. The monoisotopic (exact) mass is 334 g/mol. The van der Waals surface area contributed by atoms with Crippen molar-refractivity contribution in [1.82, 2.24) is 5.32 Å². The summed E-state index contributed by atoms with van der Waals surface area (Å²) >= 11 is 0. The molecule has 0 saturated carbocycles. The molecule has 0 aromatic heterocycles. The van der Waals surface area contributed by atoms with E-state index in [2.05, 4.69) is 15.4 Å². The van der Waals surface area contributed by atoms with Crippen molar-refractivity contribution in [2.75, 3.05) is 32.2 Å². The summed E-state index contributed by atoms with van der Waals surface area (Å²) in [6.07, 6.45) is 2.43. The number of esters is 1. The summed E-state index contributed by atoms with van der Waals surface area (Å²) in [7, 11) is 1.33. The molecule has 7 heteroatoms. The fourth-order valence-electron chi connectivity index (χ4n) is 3.17. The number of carbonyl (C=O) groups excluding carboxylic acids is 2. The highest BCUT2D eigenvalue weighted by atomic mass is 16.6. The van der Waals surface area contributed by atoms with E-state index in [9.17, 15) is 9.59 Å². The van der Waals surface area contributed by atoms with Crippen molar-refractivity contribution in [3.63, 3.8) is 0 Å². The van der Waals surface area contributed by atoms with Crippen LogP contribution in [0.2, 0.25) is 0 Å². The van der Waals surface area contributed by atoms with Crippen molar-refractivity contribution in [2.24, 2.45) is 0 Å². The number of carbonyl (C=O) groups is 2. The summed E-state index contributed by atoms with van der Waals surface area (Å²) in [6.45, 7) is 1.94. The Labute approximate surface area is 140 Å². The molecule has 1 aromatic rings. The molecule has 0 bridgehead atoms. The lowest BCUT2D eigenvalue weighted by molar-refractivity contribution is -0.0877. The number of urea groups is 1. The van der Waals surface area contributed by atoms with Crippen LogP contribution in [0.25, 0.3) is 0 Å². The molecule has 1 spiro atoms. The standard InChI is InChI=1S/C17H22N2O5/c1-22-15(20)12-2-4-13(5-3-12)18-16(21)19-14-6-8-24-17(10-14)7-9-23-11-17/h2-5,14H,6-11H2,1H3,(H2,18,19,21)/t14-,17+/m0/s1. The number of nitrogens with one attached hydrogen (secondary N) is 2. The van der Waals surface area contributed by atoms with E-state index in [4.69, 9.17) is 9.47 Å². The van der Waals surface area contributed by atoms with Crippen LogP contribution in [0.3, 0.4) is 0 Å². The maximum atomic E-state index is 12.2. The highest BCUT2D eigenvalue weighted by Gasteiger charge is 2.41. The number of hydrogen-bond donors (Lipinski definition) is 2. The molecule has 0 radical (unpaired) electrons. The molecule has 7 nitrogen and oxygen atoms in total. The van der Waals surface area contributed by atoms with Crippen LogP contribution in [0.4, 0.5) is 10.5 Å². The Hall–Kier alpha value is -2.12. The molecule has 2 fully saturated rings. The molecule has 1 aromatic carbocycles. The van der Waals surface area contributed by atoms with Gasteiger partial charge in [-0.15, -0.1) is 0 Å². The topological polar surface area (TPSA) is 85.9 Å². The van der Waals surface area contributed by atoms with Crippen molar-refractivity contribution in [2.45, 2.75) is 30.9 Å². The zero-order chi connectivity index (χ0) is 17.0. The SMILES string of the molecule is COC(=O)c1ccc(NC(=O)N[C@H]2CCO[C@]3(CCOC3)C2)cc1. The number of hydrogen-bond acceptors (Lipinski definition) is 5. The van der Waals surface area contributed by atoms with Gasteiger partial charge < -0.3 is 24.8 Å². The summed E-state index contributed by atoms with van der Waals surface area (Å²) < 4.78 is 15.9. The lowest BCUT2D eigenvalue weighted by Gasteiger charge is -2.37. The Bertz CT molecular complexity index is 596. The van der Waals surface area contributed by atoms with Gasteiger partial charge >= 0.3 is 12.0 Å². The van der Waals surface area contributed by atoms with Gasteiger partial charge in [0.25, 0.3) is 0 Å². The second-order valence-corrected chi connectivity index (χ2v) is 6.19. The predicted octanol–water partition coefficient (Wildman–Crippen LogP) is 1.93. The van der Waals surface area contributed by atoms with Crippen LogP contribution in [-0.2, 0) is 14.2 Å². The lowest BCUT2D eigenvalue weighted by atomic mass is 9.90. The number of rotatable bonds is 3. The maximum Gasteiger partial charge on any atom is 0.337 e. The van der Waals surface area contributed by atoms with Crippen molar-refractivity contribution >= 4 is 17.7 Å². The minimum absolute atomic E-state index is 0.0646. The van der Waals surface area contributed by atoms with Gasteiger partial charge in [0.1, 0.15) is 0 Å². The molecule has 2 saturated heterocycles. The summed E-state index contributed by atoms with van der Waals surface area (Å²) in [5, 5.41) is 5.77. The molecular formula is C17H22N2O5. The van der Waals surface area contributed by atoms with Gasteiger partial charge in [-0.3, -0.25) is 0 Å². The molecule has 24 heavy (non-hydrogen) atoms. The Morgan fingerprint density at radius 3 is 2.71 bits per heavy atom. The molecule has 2 aliphatic rings. The van der Waals surface area contributed by atoms with Crippen LogP contribution in [0.15, 0.2) is 24.3 Å². The fraction of sp³-hybridized carbons (Fsp3) is 0.529. The van der Waals surface area contributed by atoms with Crippen molar-refractivity contribution in [3.8, 4) is 0 Å². The number of anilines is 1. The Balaban J connectivity index is 1.52. The minimum Gasteiger partial charge on any atom is -0.465 e. The molecule has 2 amide bonds. The van der Waals surface area contributed by atoms with Gasteiger partial charge in [-0.25, -0.2) is 9.59 Å². The van der Waals surface area contributed by atoms with Gasteiger partial charge in [0.15, 0.2) is 0 Å². The van der Waals surface area contributed by atoms with Gasteiger partial charge in [-0.1, -0.05) is 0 Å². The molecule has 130 valence electrons. The third-order valence-corrected chi connectivity index (χ3v) is 4.46. The van der Waals surface area contributed by atoms with E-state index >= 15 is 0 Å². The number of benzene rings is 1. The fourth-order valence-corrected chi connectivity index (χ4v) is 3.17. The lowest BCUT2D eigenvalue weighted by Crippen LogP contribution is -2.49. The third kappa shape index (κ3) is 3.85. The van der Waals surface area contributed by atoms with Crippen molar-refractivity contribution < 1.29 is 23.8 Å². The first kappa shape index (κ1) is 16.7. The first-order valence-corrected chi connectivity index (χ1v) is 8.08. The van der Waals surface area contributed by atoms with E-state index < -0.39 is 5.97 Å². The predicted molar refractivity (Wildman–Crippen MR) is 87.1 cm³/mol. The van der Waals surface area contributed by atoms with Crippen LogP contribution < -0.4 is 10.6 Å². The van der Waals surface area contributed by atoms with Crippen LogP contribution in [0, 0.1) is 0 Å². The number of amides is 2. The van der Waals surface area contributed by atoms with Gasteiger partial charge in [-0.05, 0) is 37.1 Å². The van der Waals surface area contributed by atoms with E-state index in [0.717, 1.165) is 19.3 Å². The largest absolute Gasteiger partial charge is 0.465 e. The highest BCUT2D eigenvalue weighted by molar-refractivity contribution is 5.92. The molecule has 0 unspecified atom stereocenters. The molecule has 0 aliphatic carbocycles. The zero-order valence-electron chi connectivity index (χ0n) is 13.7. The van der Waals surface area contributed by atoms with Gasteiger partial charge in [0, 0.05) is 31.4 Å². The summed E-state index contributed by atoms with van der Waals surface area (Å²) in [6, 6.07) is 6.36. The third-order valence-electron chi connectivity index (χ3n) is 4.46. The van der Waals surface area contributed by atoms with Crippen LogP contribution in [0.5, 0.6) is 0 Å². The maximum absolute atomic E-state index is 12.2. The number of ether oxygens (including phenoxy) is 3. The van der Waals surface area contributed by atoms with Gasteiger partial charge in [0.05, 0.1) is 24.9 Å². The van der Waals surface area contributed by atoms with Crippen molar-refractivity contribution in [3.05, 3.63) is 29.8 Å². The molecule has 3 rings (SSSR count). The average molecular weight is 334 g/mol. The van der Waals surface area contributed by atoms with Crippen LogP contribution in [-0.4, -0.2) is 50.6 Å². The van der Waals surface area contributed by atoms with Gasteiger partial charge in [0.2, 0.25) is 0 Å². The highest BCUT2D eigenvalue weighted by Crippen LogP contribution is 2.32. The molecular weight excluding hydrogens is 312 g/mol. The second kappa shape index (κ2) is 7.19. The number of methoxy groups -OCH3 is 1. The quantitative estimate of drug-likeness (QED) is 0.825. The molecule has 2 aliphatic heterocycles. The van der Waals surface area contributed by atoms with E-state index in [1.54, 1.807) is 24.3 Å². The Morgan fingerprint density at radius 2 is 2.04 bits per heavy atom. The second-order valence-electron chi connectivity index (χ2n) is 6.19. The van der Waals surface area contributed by atoms with E-state index in [1.807, 2.05) is 0 Å². The van der Waals surface area contributed by atoms with Crippen LogP contribution in [0.1, 0.15) is 29.6 Å². The first-order valence-electron chi connectivity index (χ1n) is 8.08. The smallest absolute Gasteiger partial charge is 0.337 e. The molecule has 2 heterocycles. The first-order chi connectivity index (χ1) is 11.6. The molecule has 2 atom stereocenters. The van der Waals surface area contributed by atoms with E-state index in [1.165, 1.54) is 7.11 Å². The Kier molecular flexibility index (Phi) is 5.01. The zero-order valence-corrected chi connectivity index (χ0v) is 13.7. The van der Waals surface area contributed by atoms with E-state index in [0.29, 0.717) is 31.1 Å². The van der Waals surface area contributed by atoms with Gasteiger partial charge in [-0.2, -0.15) is 0 Å². The summed E-state index contributed by atoms with van der Waals surface area (Å²) in [4.78, 5) is 23.6. The average Bonchev–Trinajstić information content (AvgIpc) is 3.02. The minimum atomic E-state index is -0.405. The normalized spacial score (nSPS) is 26.1. The Morgan fingerprint density at radius 1 is 1.25 bits per heavy atom.